The minimum atomic E-state index is 0.137. The molecule has 0 amide bonds. The zero-order chi connectivity index (χ0) is 9.31. The summed E-state index contributed by atoms with van der Waals surface area (Å²) in [5.41, 5.74) is 6.56. The average molecular weight is 183 g/mol. The molecule has 1 saturated heterocycles. The van der Waals surface area contributed by atoms with Crippen molar-refractivity contribution in [1.29, 1.82) is 0 Å². The second-order valence-corrected chi connectivity index (χ2v) is 4.96. The number of hydrogen-bond donors (Lipinski definition) is 1. The maximum atomic E-state index is 6.43. The molecular formula is C11H21NO. The number of nitrogens with two attached hydrogens (primary N) is 1. The lowest BCUT2D eigenvalue weighted by Crippen LogP contribution is -2.44. The van der Waals surface area contributed by atoms with Crippen LogP contribution in [0.4, 0.5) is 0 Å². The zero-order valence-corrected chi connectivity index (χ0v) is 8.59. The van der Waals surface area contributed by atoms with E-state index in [0.717, 1.165) is 19.1 Å². The monoisotopic (exact) mass is 183 g/mol. The summed E-state index contributed by atoms with van der Waals surface area (Å²) in [7, 11) is 0. The highest BCUT2D eigenvalue weighted by atomic mass is 16.5. The third-order valence-corrected chi connectivity index (χ3v) is 3.95. The smallest absolute Gasteiger partial charge is 0.0495 e. The highest BCUT2D eigenvalue weighted by molar-refractivity contribution is 4.96. The highest BCUT2D eigenvalue weighted by Crippen LogP contribution is 2.39. The van der Waals surface area contributed by atoms with Crippen LogP contribution in [0.3, 0.4) is 0 Å². The molecule has 76 valence electrons. The van der Waals surface area contributed by atoms with Gasteiger partial charge in [-0.25, -0.2) is 0 Å². The first-order chi connectivity index (χ1) is 6.21. The fourth-order valence-electron chi connectivity index (χ4n) is 2.86. The normalized spacial score (nSPS) is 45.7. The fourth-order valence-corrected chi connectivity index (χ4v) is 2.86. The largest absolute Gasteiger partial charge is 0.381 e. The Bertz CT molecular complexity index is 177. The summed E-state index contributed by atoms with van der Waals surface area (Å²) >= 11 is 0. The zero-order valence-electron chi connectivity index (χ0n) is 8.59. The van der Waals surface area contributed by atoms with E-state index in [1.807, 2.05) is 0 Å². The maximum absolute atomic E-state index is 6.43. The van der Waals surface area contributed by atoms with Crippen LogP contribution in [-0.4, -0.2) is 18.8 Å². The molecule has 2 heteroatoms. The molecule has 2 N–H and O–H groups in total. The van der Waals surface area contributed by atoms with E-state index in [9.17, 15) is 0 Å². The van der Waals surface area contributed by atoms with Crippen molar-refractivity contribution < 1.29 is 4.74 Å². The second-order valence-electron chi connectivity index (χ2n) is 4.96. The van der Waals surface area contributed by atoms with Crippen LogP contribution in [0.5, 0.6) is 0 Å². The number of hydrogen-bond acceptors (Lipinski definition) is 2. The second kappa shape index (κ2) is 3.58. The predicted octanol–water partition coefficient (Wildman–Crippen LogP) is 1.93. The van der Waals surface area contributed by atoms with E-state index < -0.39 is 0 Å². The summed E-state index contributed by atoms with van der Waals surface area (Å²) in [5.74, 6) is 1.46. The molecule has 2 aliphatic rings. The summed E-state index contributed by atoms with van der Waals surface area (Å²) in [5, 5.41) is 0. The molecule has 2 rings (SSSR count). The Kier molecular flexibility index (Phi) is 2.61. The van der Waals surface area contributed by atoms with Crippen molar-refractivity contribution in [2.75, 3.05) is 13.2 Å². The Morgan fingerprint density at radius 1 is 1.46 bits per heavy atom. The topological polar surface area (TPSA) is 35.2 Å². The van der Waals surface area contributed by atoms with Gasteiger partial charge in [0, 0.05) is 18.8 Å². The van der Waals surface area contributed by atoms with Crippen LogP contribution in [0.1, 0.15) is 39.0 Å². The molecule has 0 bridgehead atoms. The Balaban J connectivity index is 1.91. The quantitative estimate of drug-likeness (QED) is 0.710. The van der Waals surface area contributed by atoms with Gasteiger partial charge in [0.1, 0.15) is 0 Å². The van der Waals surface area contributed by atoms with Crippen LogP contribution >= 0.6 is 0 Å². The SMILES string of the molecule is CC1CCCC1(N)CC1CCOC1. The van der Waals surface area contributed by atoms with Crippen LogP contribution in [0.15, 0.2) is 0 Å². The van der Waals surface area contributed by atoms with Gasteiger partial charge in [0.05, 0.1) is 0 Å². The van der Waals surface area contributed by atoms with E-state index in [-0.39, 0.29) is 5.54 Å². The predicted molar refractivity (Wildman–Crippen MR) is 53.5 cm³/mol. The van der Waals surface area contributed by atoms with Crippen LogP contribution in [0, 0.1) is 11.8 Å². The summed E-state index contributed by atoms with van der Waals surface area (Å²) in [6.45, 7) is 4.21. The first-order valence-corrected chi connectivity index (χ1v) is 5.57. The van der Waals surface area contributed by atoms with Gasteiger partial charge in [-0.2, -0.15) is 0 Å². The summed E-state index contributed by atoms with van der Waals surface area (Å²) in [4.78, 5) is 0. The number of ether oxygens (including phenoxy) is 1. The standard InChI is InChI=1S/C11H21NO/c1-9-3-2-5-11(9,12)7-10-4-6-13-8-10/h9-10H,2-8,12H2,1H3. The lowest BCUT2D eigenvalue weighted by molar-refractivity contribution is 0.171. The molecule has 3 unspecified atom stereocenters. The molecular weight excluding hydrogens is 162 g/mol. The molecule has 2 fully saturated rings. The highest BCUT2D eigenvalue weighted by Gasteiger charge is 2.38. The van der Waals surface area contributed by atoms with E-state index in [4.69, 9.17) is 10.5 Å². The Labute approximate surface area is 80.8 Å². The molecule has 3 atom stereocenters. The third-order valence-electron chi connectivity index (χ3n) is 3.95. The van der Waals surface area contributed by atoms with E-state index in [1.54, 1.807) is 0 Å². The lowest BCUT2D eigenvalue weighted by Gasteiger charge is -2.31. The van der Waals surface area contributed by atoms with Crippen molar-refractivity contribution in [3.8, 4) is 0 Å². The maximum Gasteiger partial charge on any atom is 0.0495 e. The molecule has 0 aromatic carbocycles. The van der Waals surface area contributed by atoms with Crippen molar-refractivity contribution in [2.24, 2.45) is 17.6 Å². The minimum Gasteiger partial charge on any atom is -0.381 e. The van der Waals surface area contributed by atoms with Crippen LogP contribution in [0.25, 0.3) is 0 Å². The Morgan fingerprint density at radius 3 is 2.85 bits per heavy atom. The van der Waals surface area contributed by atoms with Gasteiger partial charge >= 0.3 is 0 Å². The van der Waals surface area contributed by atoms with E-state index >= 15 is 0 Å². The minimum absolute atomic E-state index is 0.137. The first-order valence-electron chi connectivity index (χ1n) is 5.57. The van der Waals surface area contributed by atoms with Gasteiger partial charge < -0.3 is 10.5 Å². The van der Waals surface area contributed by atoms with E-state index in [2.05, 4.69) is 6.92 Å². The third kappa shape index (κ3) is 1.89. The Morgan fingerprint density at radius 2 is 2.31 bits per heavy atom. The lowest BCUT2D eigenvalue weighted by atomic mass is 9.81. The first kappa shape index (κ1) is 9.47. The fraction of sp³-hybridized carbons (Fsp3) is 1.00. The van der Waals surface area contributed by atoms with Crippen LogP contribution < -0.4 is 5.73 Å². The molecule has 0 spiro atoms. The van der Waals surface area contributed by atoms with Crippen molar-refractivity contribution in [2.45, 2.75) is 44.6 Å². The number of rotatable bonds is 2. The molecule has 0 radical (unpaired) electrons. The molecule has 2 nitrogen and oxygen atoms in total. The van der Waals surface area contributed by atoms with Crippen molar-refractivity contribution in [3.63, 3.8) is 0 Å². The molecule has 1 aliphatic heterocycles. The average Bonchev–Trinajstić information content (AvgIpc) is 2.65. The Hall–Kier alpha value is -0.0800. The van der Waals surface area contributed by atoms with Crippen molar-refractivity contribution in [3.05, 3.63) is 0 Å². The van der Waals surface area contributed by atoms with Crippen LogP contribution in [0.2, 0.25) is 0 Å². The molecule has 1 heterocycles. The summed E-state index contributed by atoms with van der Waals surface area (Å²) in [6.07, 6.45) is 6.29. The van der Waals surface area contributed by atoms with Gasteiger partial charge in [-0.1, -0.05) is 13.3 Å². The van der Waals surface area contributed by atoms with E-state index in [1.165, 1.54) is 32.1 Å². The molecule has 13 heavy (non-hydrogen) atoms. The van der Waals surface area contributed by atoms with Gasteiger partial charge in [-0.15, -0.1) is 0 Å². The summed E-state index contributed by atoms with van der Waals surface area (Å²) < 4.78 is 5.39. The summed E-state index contributed by atoms with van der Waals surface area (Å²) in [6, 6.07) is 0. The molecule has 0 aromatic heterocycles. The molecule has 0 aromatic rings. The van der Waals surface area contributed by atoms with Crippen molar-refractivity contribution in [1.82, 2.24) is 0 Å². The molecule has 1 saturated carbocycles. The van der Waals surface area contributed by atoms with Crippen LogP contribution in [-0.2, 0) is 4.74 Å². The van der Waals surface area contributed by atoms with Gasteiger partial charge in [-0.05, 0) is 37.5 Å². The van der Waals surface area contributed by atoms with Gasteiger partial charge in [0.2, 0.25) is 0 Å². The van der Waals surface area contributed by atoms with Gasteiger partial charge in [0.25, 0.3) is 0 Å². The van der Waals surface area contributed by atoms with Crippen molar-refractivity contribution >= 4 is 0 Å². The molecule has 1 aliphatic carbocycles. The van der Waals surface area contributed by atoms with E-state index in [0.29, 0.717) is 5.92 Å². The van der Waals surface area contributed by atoms with Gasteiger partial charge in [-0.3, -0.25) is 0 Å². The van der Waals surface area contributed by atoms with Gasteiger partial charge in [0.15, 0.2) is 0 Å².